The van der Waals surface area contributed by atoms with Crippen LogP contribution in [0.1, 0.15) is 5.56 Å². The normalized spacial score (nSPS) is 14.6. The molecule has 0 saturated carbocycles. The van der Waals surface area contributed by atoms with Crippen molar-refractivity contribution in [1.82, 2.24) is 4.90 Å². The first-order valence-electron chi connectivity index (χ1n) is 9.14. The van der Waals surface area contributed by atoms with Crippen molar-refractivity contribution >= 4 is 40.6 Å². The fourth-order valence-electron chi connectivity index (χ4n) is 2.76. The average Bonchev–Trinajstić information content (AvgIpc) is 3.02. The molecule has 7 nitrogen and oxygen atoms in total. The summed E-state index contributed by atoms with van der Waals surface area (Å²) in [6.45, 7) is 3.31. The van der Waals surface area contributed by atoms with Crippen molar-refractivity contribution in [3.8, 4) is 11.5 Å². The molecule has 160 valence electrons. The summed E-state index contributed by atoms with van der Waals surface area (Å²) in [6.07, 6.45) is 2.99. The Morgan fingerprint density at radius 1 is 1.23 bits per heavy atom. The molecule has 1 N–H and O–H groups in total. The van der Waals surface area contributed by atoms with Crippen molar-refractivity contribution in [1.29, 1.82) is 0 Å². The van der Waals surface area contributed by atoms with Crippen LogP contribution in [0.5, 0.6) is 11.5 Å². The van der Waals surface area contributed by atoms with E-state index in [4.69, 9.17) is 9.47 Å². The standard InChI is InChI=1S/C22H19FN2O5S/c1-3-11-25-21(27)18(31-22(25)28)12-14-5-4-6-17(29-2)20(14)30-13-19(26)24-16-9-7-15(23)8-10-16/h3-10,12H,1,11,13H2,2H3,(H,24,26)/b18-12+. The Morgan fingerprint density at radius 2 is 1.97 bits per heavy atom. The molecule has 1 aliphatic heterocycles. The van der Waals surface area contributed by atoms with Crippen molar-refractivity contribution in [2.75, 3.05) is 25.6 Å². The molecule has 9 heteroatoms. The molecule has 0 unspecified atom stereocenters. The number of anilines is 1. The molecule has 0 atom stereocenters. The van der Waals surface area contributed by atoms with Gasteiger partial charge in [-0.1, -0.05) is 18.2 Å². The first-order valence-corrected chi connectivity index (χ1v) is 9.96. The quantitative estimate of drug-likeness (QED) is 0.490. The van der Waals surface area contributed by atoms with Crippen LogP contribution in [0, 0.1) is 5.82 Å². The van der Waals surface area contributed by atoms with Crippen LogP contribution in [-0.4, -0.2) is 42.2 Å². The number of halogens is 1. The fraction of sp³-hybridized carbons (Fsp3) is 0.136. The number of benzene rings is 2. The van der Waals surface area contributed by atoms with E-state index >= 15 is 0 Å². The summed E-state index contributed by atoms with van der Waals surface area (Å²) < 4.78 is 24.0. The number of para-hydroxylation sites is 1. The van der Waals surface area contributed by atoms with E-state index < -0.39 is 17.6 Å². The van der Waals surface area contributed by atoms with Gasteiger partial charge in [-0.15, -0.1) is 6.58 Å². The molecule has 0 aromatic heterocycles. The Hall–Kier alpha value is -3.59. The second-order valence-corrected chi connectivity index (χ2v) is 7.30. The molecule has 0 radical (unpaired) electrons. The Kier molecular flexibility index (Phi) is 7.09. The highest BCUT2D eigenvalue weighted by Gasteiger charge is 2.34. The molecule has 1 fully saturated rings. The summed E-state index contributed by atoms with van der Waals surface area (Å²) in [4.78, 5) is 38.1. The number of ether oxygens (including phenoxy) is 2. The van der Waals surface area contributed by atoms with E-state index in [0.29, 0.717) is 17.0 Å². The summed E-state index contributed by atoms with van der Waals surface area (Å²) in [7, 11) is 1.45. The number of rotatable bonds is 8. The van der Waals surface area contributed by atoms with E-state index in [1.807, 2.05) is 0 Å². The smallest absolute Gasteiger partial charge is 0.293 e. The lowest BCUT2D eigenvalue weighted by molar-refractivity contribution is -0.122. The molecule has 1 heterocycles. The Labute approximate surface area is 182 Å². The van der Waals surface area contributed by atoms with Crippen LogP contribution < -0.4 is 14.8 Å². The predicted molar refractivity (Wildman–Crippen MR) is 116 cm³/mol. The molecule has 1 saturated heterocycles. The lowest BCUT2D eigenvalue weighted by Gasteiger charge is -2.14. The monoisotopic (exact) mass is 442 g/mol. The molecule has 31 heavy (non-hydrogen) atoms. The first kappa shape index (κ1) is 22.1. The summed E-state index contributed by atoms with van der Waals surface area (Å²) in [6, 6.07) is 10.3. The number of hydrogen-bond acceptors (Lipinski definition) is 6. The van der Waals surface area contributed by atoms with Gasteiger partial charge in [0.1, 0.15) is 5.82 Å². The molecule has 1 aliphatic rings. The zero-order valence-corrected chi connectivity index (χ0v) is 17.4. The number of hydrogen-bond donors (Lipinski definition) is 1. The molecule has 2 aromatic carbocycles. The number of amides is 3. The molecule has 3 rings (SSSR count). The Bertz CT molecular complexity index is 1050. The summed E-state index contributed by atoms with van der Waals surface area (Å²) in [5.41, 5.74) is 0.893. The highest BCUT2D eigenvalue weighted by molar-refractivity contribution is 8.18. The van der Waals surface area contributed by atoms with E-state index in [1.54, 1.807) is 18.2 Å². The minimum Gasteiger partial charge on any atom is -0.493 e. The maximum Gasteiger partial charge on any atom is 0.293 e. The zero-order valence-electron chi connectivity index (χ0n) is 16.6. The zero-order chi connectivity index (χ0) is 22.4. The van der Waals surface area contributed by atoms with Gasteiger partial charge in [0.2, 0.25) is 0 Å². The SMILES string of the molecule is C=CCN1C(=O)S/C(=C/c2cccc(OC)c2OCC(=O)Nc2ccc(F)cc2)C1=O. The molecule has 0 spiro atoms. The Balaban J connectivity index is 1.78. The summed E-state index contributed by atoms with van der Waals surface area (Å²) in [5.74, 6) is -0.707. The minimum absolute atomic E-state index is 0.118. The summed E-state index contributed by atoms with van der Waals surface area (Å²) in [5, 5.41) is 2.21. The van der Waals surface area contributed by atoms with E-state index in [9.17, 15) is 18.8 Å². The number of nitrogens with zero attached hydrogens (tertiary/aromatic N) is 1. The third-order valence-corrected chi connectivity index (χ3v) is 5.08. The highest BCUT2D eigenvalue weighted by atomic mass is 32.2. The van der Waals surface area contributed by atoms with Gasteiger partial charge in [-0.2, -0.15) is 0 Å². The first-order chi connectivity index (χ1) is 14.9. The number of methoxy groups -OCH3 is 1. The number of carbonyl (C=O) groups is 3. The number of imide groups is 1. The van der Waals surface area contributed by atoms with E-state index in [-0.39, 0.29) is 29.0 Å². The van der Waals surface area contributed by atoms with Gasteiger partial charge in [0.05, 0.1) is 12.0 Å². The maximum atomic E-state index is 13.0. The Morgan fingerprint density at radius 3 is 2.65 bits per heavy atom. The average molecular weight is 442 g/mol. The van der Waals surface area contributed by atoms with Crippen molar-refractivity contribution in [3.05, 3.63) is 71.4 Å². The van der Waals surface area contributed by atoms with Crippen molar-refractivity contribution in [2.45, 2.75) is 0 Å². The van der Waals surface area contributed by atoms with Gasteiger partial charge in [0, 0.05) is 17.8 Å². The molecular formula is C22H19FN2O5S. The van der Waals surface area contributed by atoms with Crippen molar-refractivity contribution in [3.63, 3.8) is 0 Å². The van der Waals surface area contributed by atoms with Gasteiger partial charge in [-0.3, -0.25) is 19.3 Å². The lowest BCUT2D eigenvalue weighted by atomic mass is 10.1. The predicted octanol–water partition coefficient (Wildman–Crippen LogP) is 4.07. The van der Waals surface area contributed by atoms with Crippen LogP contribution in [-0.2, 0) is 9.59 Å². The van der Waals surface area contributed by atoms with Gasteiger partial charge in [-0.05, 0) is 48.2 Å². The number of thioether (sulfide) groups is 1. The maximum absolute atomic E-state index is 13.0. The highest BCUT2D eigenvalue weighted by Crippen LogP contribution is 2.37. The molecule has 0 aliphatic carbocycles. The van der Waals surface area contributed by atoms with Crippen LogP contribution >= 0.6 is 11.8 Å². The van der Waals surface area contributed by atoms with Crippen LogP contribution in [0.4, 0.5) is 14.9 Å². The van der Waals surface area contributed by atoms with Gasteiger partial charge >= 0.3 is 0 Å². The third kappa shape index (κ3) is 5.32. The molecule has 0 bridgehead atoms. The number of nitrogens with one attached hydrogen (secondary N) is 1. The van der Waals surface area contributed by atoms with Gasteiger partial charge < -0.3 is 14.8 Å². The second kappa shape index (κ2) is 9.94. The topological polar surface area (TPSA) is 84.9 Å². The van der Waals surface area contributed by atoms with Crippen LogP contribution in [0.3, 0.4) is 0 Å². The van der Waals surface area contributed by atoms with Crippen LogP contribution in [0.25, 0.3) is 6.08 Å². The molecule has 3 amide bonds. The molecular weight excluding hydrogens is 423 g/mol. The number of carbonyl (C=O) groups excluding carboxylic acids is 3. The lowest BCUT2D eigenvalue weighted by Crippen LogP contribution is -2.27. The van der Waals surface area contributed by atoms with Gasteiger partial charge in [-0.25, -0.2) is 4.39 Å². The molecule has 2 aromatic rings. The van der Waals surface area contributed by atoms with Crippen LogP contribution in [0.2, 0.25) is 0 Å². The van der Waals surface area contributed by atoms with Crippen molar-refractivity contribution < 1.29 is 28.2 Å². The van der Waals surface area contributed by atoms with E-state index in [1.165, 1.54) is 43.5 Å². The fourth-order valence-corrected chi connectivity index (χ4v) is 3.60. The van der Waals surface area contributed by atoms with Gasteiger partial charge in [0.15, 0.2) is 18.1 Å². The van der Waals surface area contributed by atoms with Gasteiger partial charge in [0.25, 0.3) is 17.1 Å². The summed E-state index contributed by atoms with van der Waals surface area (Å²) >= 11 is 0.811. The van der Waals surface area contributed by atoms with Crippen molar-refractivity contribution in [2.24, 2.45) is 0 Å². The van der Waals surface area contributed by atoms with Crippen LogP contribution in [0.15, 0.2) is 60.0 Å². The third-order valence-electron chi connectivity index (χ3n) is 4.18. The largest absolute Gasteiger partial charge is 0.493 e. The second-order valence-electron chi connectivity index (χ2n) is 6.30. The minimum atomic E-state index is -0.463. The van der Waals surface area contributed by atoms with E-state index in [0.717, 1.165) is 16.7 Å². The van der Waals surface area contributed by atoms with E-state index in [2.05, 4.69) is 11.9 Å².